The summed E-state index contributed by atoms with van der Waals surface area (Å²) in [6, 6.07) is -0.208. The predicted molar refractivity (Wildman–Crippen MR) is 53.5 cm³/mol. The molecule has 0 saturated heterocycles. The van der Waals surface area contributed by atoms with Crippen LogP contribution in [0.4, 0.5) is 13.2 Å². The Balaban J connectivity index is 2.28. The summed E-state index contributed by atoms with van der Waals surface area (Å²) >= 11 is 0. The second-order valence-electron chi connectivity index (χ2n) is 4.51. The molecule has 3 N–H and O–H groups in total. The molecule has 15 heavy (non-hydrogen) atoms. The van der Waals surface area contributed by atoms with Crippen LogP contribution in [0.25, 0.3) is 0 Å². The maximum atomic E-state index is 12.1. The first-order valence-corrected chi connectivity index (χ1v) is 5.45. The third-order valence-corrected chi connectivity index (χ3v) is 2.77. The zero-order valence-electron chi connectivity index (χ0n) is 8.98. The van der Waals surface area contributed by atoms with Crippen molar-refractivity contribution in [3.05, 3.63) is 0 Å². The lowest BCUT2D eigenvalue weighted by Gasteiger charge is -2.30. The first kappa shape index (κ1) is 12.8. The molecule has 0 bridgehead atoms. The lowest BCUT2D eigenvalue weighted by molar-refractivity contribution is -0.139. The average Bonchev–Trinajstić information content (AvgIpc) is 1.99. The van der Waals surface area contributed by atoms with Crippen LogP contribution in [0, 0.1) is 0 Å². The molecule has 0 aromatic heterocycles. The van der Waals surface area contributed by atoms with Crippen LogP contribution in [-0.2, 0) is 0 Å². The molecule has 0 spiro atoms. The standard InChI is InChI=1S/C10H19F3N2/c1-7(6-10(11,12)13)15-9-4-2-3-8(14)5-9/h7-9,15H,2-6,14H2,1H3. The largest absolute Gasteiger partial charge is 0.390 e. The smallest absolute Gasteiger partial charge is 0.328 e. The van der Waals surface area contributed by atoms with Crippen LogP contribution in [0.5, 0.6) is 0 Å². The van der Waals surface area contributed by atoms with Crippen LogP contribution in [0.1, 0.15) is 39.0 Å². The van der Waals surface area contributed by atoms with Gasteiger partial charge < -0.3 is 11.1 Å². The zero-order valence-corrected chi connectivity index (χ0v) is 8.98. The van der Waals surface area contributed by atoms with E-state index in [1.165, 1.54) is 0 Å². The molecule has 2 nitrogen and oxygen atoms in total. The fourth-order valence-corrected chi connectivity index (χ4v) is 2.19. The third-order valence-electron chi connectivity index (χ3n) is 2.77. The summed E-state index contributed by atoms with van der Waals surface area (Å²) in [5.74, 6) is 0. The summed E-state index contributed by atoms with van der Waals surface area (Å²) in [4.78, 5) is 0. The van der Waals surface area contributed by atoms with Crippen LogP contribution in [-0.4, -0.2) is 24.3 Å². The van der Waals surface area contributed by atoms with E-state index in [-0.39, 0.29) is 12.1 Å². The first-order chi connectivity index (χ1) is 6.87. The summed E-state index contributed by atoms with van der Waals surface area (Å²) in [6.45, 7) is 1.58. The van der Waals surface area contributed by atoms with Crippen molar-refractivity contribution in [3.63, 3.8) is 0 Å². The molecule has 90 valence electrons. The van der Waals surface area contributed by atoms with E-state index in [1.54, 1.807) is 6.92 Å². The predicted octanol–water partition coefficient (Wildman–Crippen LogP) is 2.19. The molecule has 0 aromatic carbocycles. The van der Waals surface area contributed by atoms with Gasteiger partial charge in [-0.1, -0.05) is 6.42 Å². The number of nitrogens with one attached hydrogen (secondary N) is 1. The highest BCUT2D eigenvalue weighted by molar-refractivity contribution is 4.82. The molecule has 5 heteroatoms. The molecule has 0 radical (unpaired) electrons. The number of hydrogen-bond acceptors (Lipinski definition) is 2. The summed E-state index contributed by atoms with van der Waals surface area (Å²) < 4.78 is 36.2. The van der Waals surface area contributed by atoms with Gasteiger partial charge in [0, 0.05) is 18.1 Å². The Morgan fingerprint density at radius 1 is 1.40 bits per heavy atom. The number of halogens is 3. The minimum Gasteiger partial charge on any atom is -0.328 e. The quantitative estimate of drug-likeness (QED) is 0.771. The van der Waals surface area contributed by atoms with Crippen LogP contribution < -0.4 is 11.1 Å². The highest BCUT2D eigenvalue weighted by Gasteiger charge is 2.31. The Hall–Kier alpha value is -0.290. The SMILES string of the molecule is CC(CC(F)(F)F)NC1CCCC(N)C1. The summed E-state index contributed by atoms with van der Waals surface area (Å²) in [7, 11) is 0. The molecule has 0 aromatic rings. The number of alkyl halides is 3. The highest BCUT2D eigenvalue weighted by Crippen LogP contribution is 2.23. The fraction of sp³-hybridized carbons (Fsp3) is 1.00. The minimum atomic E-state index is -4.08. The summed E-state index contributed by atoms with van der Waals surface area (Å²) in [5.41, 5.74) is 5.77. The van der Waals surface area contributed by atoms with E-state index in [0.29, 0.717) is 0 Å². The fourth-order valence-electron chi connectivity index (χ4n) is 2.19. The van der Waals surface area contributed by atoms with E-state index in [2.05, 4.69) is 5.32 Å². The molecule has 1 aliphatic rings. The molecule has 1 rings (SSSR count). The number of nitrogens with two attached hydrogens (primary N) is 1. The van der Waals surface area contributed by atoms with E-state index in [4.69, 9.17) is 5.73 Å². The van der Waals surface area contributed by atoms with Crippen molar-refractivity contribution in [1.29, 1.82) is 0 Å². The summed E-state index contributed by atoms with van der Waals surface area (Å²) in [5, 5.41) is 3.01. The molecule has 3 unspecified atom stereocenters. The second-order valence-corrected chi connectivity index (χ2v) is 4.51. The van der Waals surface area contributed by atoms with Crippen molar-refractivity contribution >= 4 is 0 Å². The zero-order chi connectivity index (χ0) is 11.5. The topological polar surface area (TPSA) is 38.0 Å². The molecular weight excluding hydrogens is 205 g/mol. The van der Waals surface area contributed by atoms with E-state index in [1.807, 2.05) is 0 Å². The van der Waals surface area contributed by atoms with Gasteiger partial charge >= 0.3 is 6.18 Å². The molecule has 1 aliphatic carbocycles. The van der Waals surface area contributed by atoms with Crippen molar-refractivity contribution < 1.29 is 13.2 Å². The van der Waals surface area contributed by atoms with Gasteiger partial charge in [0.05, 0.1) is 6.42 Å². The van der Waals surface area contributed by atoms with Gasteiger partial charge in [-0.25, -0.2) is 0 Å². The van der Waals surface area contributed by atoms with Gasteiger partial charge in [-0.2, -0.15) is 13.2 Å². The Kier molecular flexibility index (Phi) is 4.40. The highest BCUT2D eigenvalue weighted by atomic mass is 19.4. The monoisotopic (exact) mass is 224 g/mol. The second kappa shape index (κ2) is 5.16. The van der Waals surface area contributed by atoms with E-state index in [0.717, 1.165) is 25.7 Å². The third kappa shape index (κ3) is 5.37. The van der Waals surface area contributed by atoms with Crippen molar-refractivity contribution in [3.8, 4) is 0 Å². The lowest BCUT2D eigenvalue weighted by Crippen LogP contribution is -2.44. The van der Waals surface area contributed by atoms with Gasteiger partial charge in [-0.3, -0.25) is 0 Å². The van der Waals surface area contributed by atoms with Crippen molar-refractivity contribution in [2.75, 3.05) is 0 Å². The number of rotatable bonds is 3. The normalized spacial score (nSPS) is 30.2. The van der Waals surface area contributed by atoms with E-state index >= 15 is 0 Å². The molecule has 1 fully saturated rings. The van der Waals surface area contributed by atoms with Gasteiger partial charge in [0.1, 0.15) is 0 Å². The molecular formula is C10H19F3N2. The van der Waals surface area contributed by atoms with Crippen LogP contribution >= 0.6 is 0 Å². The van der Waals surface area contributed by atoms with Gasteiger partial charge in [-0.05, 0) is 26.2 Å². The Morgan fingerprint density at radius 2 is 2.07 bits per heavy atom. The van der Waals surface area contributed by atoms with Gasteiger partial charge in [0.15, 0.2) is 0 Å². The van der Waals surface area contributed by atoms with Crippen LogP contribution in [0.3, 0.4) is 0 Å². The maximum absolute atomic E-state index is 12.1. The van der Waals surface area contributed by atoms with E-state index in [9.17, 15) is 13.2 Å². The van der Waals surface area contributed by atoms with Crippen molar-refractivity contribution in [2.24, 2.45) is 5.73 Å². The van der Waals surface area contributed by atoms with Gasteiger partial charge in [-0.15, -0.1) is 0 Å². The van der Waals surface area contributed by atoms with Gasteiger partial charge in [0.25, 0.3) is 0 Å². The van der Waals surface area contributed by atoms with Crippen LogP contribution in [0.15, 0.2) is 0 Å². The molecule has 0 heterocycles. The first-order valence-electron chi connectivity index (χ1n) is 5.45. The number of hydrogen-bond donors (Lipinski definition) is 2. The van der Waals surface area contributed by atoms with Crippen LogP contribution in [0.2, 0.25) is 0 Å². The molecule has 1 saturated carbocycles. The Bertz CT molecular complexity index is 194. The molecule has 3 atom stereocenters. The Labute approximate surface area is 88.4 Å². The van der Waals surface area contributed by atoms with Gasteiger partial charge in [0.2, 0.25) is 0 Å². The molecule has 0 amide bonds. The average molecular weight is 224 g/mol. The maximum Gasteiger partial charge on any atom is 0.390 e. The van der Waals surface area contributed by atoms with Crippen molar-refractivity contribution in [2.45, 2.75) is 63.3 Å². The Morgan fingerprint density at radius 3 is 2.60 bits per heavy atom. The minimum absolute atomic E-state index is 0.148. The van der Waals surface area contributed by atoms with E-state index < -0.39 is 18.6 Å². The molecule has 0 aliphatic heterocycles. The summed E-state index contributed by atoms with van der Waals surface area (Å²) in [6.07, 6.45) is -1.11. The lowest BCUT2D eigenvalue weighted by atomic mass is 9.91. The van der Waals surface area contributed by atoms with Crippen molar-refractivity contribution in [1.82, 2.24) is 5.32 Å².